The van der Waals surface area contributed by atoms with E-state index in [-0.39, 0.29) is 0 Å². The average molecular weight is 169 g/mol. The first-order chi connectivity index (χ1) is 5.62. The Morgan fingerprint density at radius 2 is 2.00 bits per heavy atom. The first-order valence-corrected chi connectivity index (χ1v) is 3.78. The van der Waals surface area contributed by atoms with Crippen molar-refractivity contribution in [3.63, 3.8) is 0 Å². The summed E-state index contributed by atoms with van der Waals surface area (Å²) in [5, 5.41) is 2.98. The molecule has 12 heavy (non-hydrogen) atoms. The van der Waals surface area contributed by atoms with E-state index < -0.39 is 0 Å². The molecule has 2 nitrogen and oxygen atoms in total. The minimum absolute atomic E-state index is 0.606. The van der Waals surface area contributed by atoms with Crippen LogP contribution in [-0.2, 0) is 4.74 Å². The van der Waals surface area contributed by atoms with Crippen LogP contribution in [0.25, 0.3) is 0 Å². The summed E-state index contributed by atoms with van der Waals surface area (Å²) in [6.07, 6.45) is 3.58. The summed E-state index contributed by atoms with van der Waals surface area (Å²) in [6.45, 7) is 10.9. The number of ether oxygens (including phenoxy) is 1. The number of methoxy groups -OCH3 is 1. The Morgan fingerprint density at radius 1 is 1.50 bits per heavy atom. The lowest BCUT2D eigenvalue weighted by molar-refractivity contribution is 0.309. The van der Waals surface area contributed by atoms with Crippen molar-refractivity contribution < 1.29 is 4.74 Å². The lowest BCUT2D eigenvalue weighted by atomic mass is 10.5. The van der Waals surface area contributed by atoms with Crippen LogP contribution in [0.3, 0.4) is 0 Å². The minimum atomic E-state index is 0.606. The Bertz CT molecular complexity index is 157. The quantitative estimate of drug-likeness (QED) is 0.517. The highest BCUT2D eigenvalue weighted by Crippen LogP contribution is 1.86. The smallest absolute Gasteiger partial charge is 0.111 e. The van der Waals surface area contributed by atoms with Gasteiger partial charge in [-0.15, -0.1) is 0 Å². The van der Waals surface area contributed by atoms with Crippen LogP contribution in [0.2, 0.25) is 0 Å². The van der Waals surface area contributed by atoms with Crippen LogP contribution in [0.5, 0.6) is 0 Å². The molecule has 0 aromatic heterocycles. The van der Waals surface area contributed by atoms with Crippen molar-refractivity contribution in [2.24, 2.45) is 0 Å². The fourth-order valence-electron chi connectivity index (χ4n) is 0.228. The molecule has 0 aliphatic rings. The lowest BCUT2D eigenvalue weighted by Gasteiger charge is -1.91. The third-order valence-electron chi connectivity index (χ3n) is 1.32. The molecule has 0 aliphatic heterocycles. The zero-order chi connectivity index (χ0) is 9.98. The number of hydrogen-bond donors (Lipinski definition) is 1. The van der Waals surface area contributed by atoms with Crippen LogP contribution in [0.4, 0.5) is 0 Å². The highest BCUT2D eigenvalue weighted by atomic mass is 16.5. The van der Waals surface area contributed by atoms with E-state index in [0.717, 1.165) is 0 Å². The molecule has 0 aromatic carbocycles. The van der Waals surface area contributed by atoms with Crippen LogP contribution in [0.15, 0.2) is 36.8 Å². The van der Waals surface area contributed by atoms with Gasteiger partial charge in [-0.1, -0.05) is 19.2 Å². The fourth-order valence-corrected chi connectivity index (χ4v) is 0.228. The number of nitrogens with one attached hydrogen (secondary N) is 1. The SMILES string of the molecule is C/C=C(\C)NC.C=CC(=C)OC. The van der Waals surface area contributed by atoms with Gasteiger partial charge in [0.1, 0.15) is 5.76 Å². The van der Waals surface area contributed by atoms with Crippen LogP contribution >= 0.6 is 0 Å². The van der Waals surface area contributed by atoms with Crippen molar-refractivity contribution in [1.82, 2.24) is 5.32 Å². The maximum Gasteiger partial charge on any atom is 0.111 e. The van der Waals surface area contributed by atoms with Crippen molar-refractivity contribution in [2.75, 3.05) is 14.2 Å². The van der Waals surface area contributed by atoms with Gasteiger partial charge < -0.3 is 10.1 Å². The standard InChI is InChI=1S/C5H11N.C5H8O/c2*1-4-5(2)6-3/h4,6H,1-3H3;4H,1-2H2,3H3/b5-4+;. The molecule has 1 N–H and O–H groups in total. The minimum Gasteiger partial charge on any atom is -0.497 e. The third kappa shape index (κ3) is 11.6. The second-order valence-electron chi connectivity index (χ2n) is 2.10. The highest BCUT2D eigenvalue weighted by molar-refractivity contribution is 5.00. The zero-order valence-electron chi connectivity index (χ0n) is 8.48. The summed E-state index contributed by atoms with van der Waals surface area (Å²) < 4.78 is 4.59. The van der Waals surface area contributed by atoms with Crippen LogP contribution in [-0.4, -0.2) is 14.2 Å². The predicted molar refractivity (Wildman–Crippen MR) is 54.8 cm³/mol. The number of allylic oxidation sites excluding steroid dienone is 3. The monoisotopic (exact) mass is 169 g/mol. The van der Waals surface area contributed by atoms with Gasteiger partial charge in [0.25, 0.3) is 0 Å². The van der Waals surface area contributed by atoms with Crippen LogP contribution in [0.1, 0.15) is 13.8 Å². The Hall–Kier alpha value is -1.18. The van der Waals surface area contributed by atoms with Gasteiger partial charge in [-0.25, -0.2) is 0 Å². The van der Waals surface area contributed by atoms with E-state index in [4.69, 9.17) is 0 Å². The Morgan fingerprint density at radius 3 is 2.00 bits per heavy atom. The molecule has 70 valence electrons. The van der Waals surface area contributed by atoms with E-state index in [1.165, 1.54) is 5.70 Å². The maximum atomic E-state index is 4.59. The van der Waals surface area contributed by atoms with E-state index >= 15 is 0 Å². The maximum absolute atomic E-state index is 4.59. The number of rotatable bonds is 3. The molecule has 0 rings (SSSR count). The summed E-state index contributed by atoms with van der Waals surface area (Å²) in [4.78, 5) is 0. The zero-order valence-corrected chi connectivity index (χ0v) is 8.48. The summed E-state index contributed by atoms with van der Waals surface area (Å²) in [5.41, 5.74) is 1.22. The van der Waals surface area contributed by atoms with E-state index in [1.807, 2.05) is 27.0 Å². The molecule has 2 heteroatoms. The van der Waals surface area contributed by atoms with Gasteiger partial charge in [-0.2, -0.15) is 0 Å². The predicted octanol–water partition coefficient (Wildman–Crippen LogP) is 2.46. The van der Waals surface area contributed by atoms with Gasteiger partial charge in [-0.3, -0.25) is 0 Å². The molecule has 0 unspecified atom stereocenters. The van der Waals surface area contributed by atoms with E-state index in [2.05, 4.69) is 23.2 Å². The molecule has 0 amide bonds. The summed E-state index contributed by atoms with van der Waals surface area (Å²) in [6, 6.07) is 0. The first kappa shape index (κ1) is 13.4. The summed E-state index contributed by atoms with van der Waals surface area (Å²) in [7, 11) is 3.47. The van der Waals surface area contributed by atoms with E-state index in [0.29, 0.717) is 5.76 Å². The highest BCUT2D eigenvalue weighted by Gasteiger charge is 1.71. The Kier molecular flexibility index (Phi) is 11.0. The molecule has 0 fully saturated rings. The number of hydrogen-bond acceptors (Lipinski definition) is 2. The molecule has 0 heterocycles. The Labute approximate surface area is 75.6 Å². The van der Waals surface area contributed by atoms with E-state index in [9.17, 15) is 0 Å². The third-order valence-corrected chi connectivity index (χ3v) is 1.32. The second-order valence-corrected chi connectivity index (χ2v) is 2.10. The molecule has 0 aromatic rings. The Balaban J connectivity index is 0. The fraction of sp³-hybridized carbons (Fsp3) is 0.400. The van der Waals surface area contributed by atoms with Crippen molar-refractivity contribution in [3.8, 4) is 0 Å². The molecule has 0 aliphatic carbocycles. The van der Waals surface area contributed by atoms with E-state index in [1.54, 1.807) is 13.2 Å². The molecule has 0 radical (unpaired) electrons. The summed E-state index contributed by atoms with van der Waals surface area (Å²) >= 11 is 0. The second kappa shape index (κ2) is 9.82. The van der Waals surface area contributed by atoms with Gasteiger partial charge >= 0.3 is 0 Å². The van der Waals surface area contributed by atoms with Gasteiger partial charge in [-0.05, 0) is 19.9 Å². The van der Waals surface area contributed by atoms with Gasteiger partial charge in [0.15, 0.2) is 0 Å². The molecule has 0 atom stereocenters. The molecular formula is C10H19NO. The van der Waals surface area contributed by atoms with Crippen molar-refractivity contribution in [2.45, 2.75) is 13.8 Å². The topological polar surface area (TPSA) is 21.3 Å². The van der Waals surface area contributed by atoms with Crippen molar-refractivity contribution >= 4 is 0 Å². The van der Waals surface area contributed by atoms with Crippen LogP contribution in [0, 0.1) is 0 Å². The van der Waals surface area contributed by atoms with Gasteiger partial charge in [0.05, 0.1) is 7.11 Å². The van der Waals surface area contributed by atoms with Gasteiger partial charge in [0.2, 0.25) is 0 Å². The molecular weight excluding hydrogens is 150 g/mol. The first-order valence-electron chi connectivity index (χ1n) is 3.78. The van der Waals surface area contributed by atoms with Crippen molar-refractivity contribution in [1.29, 1.82) is 0 Å². The molecule has 0 bridgehead atoms. The normalized spacial score (nSPS) is 9.17. The van der Waals surface area contributed by atoms with Gasteiger partial charge in [0, 0.05) is 12.7 Å². The lowest BCUT2D eigenvalue weighted by Crippen LogP contribution is -1.99. The molecule has 0 saturated heterocycles. The molecule has 0 saturated carbocycles. The van der Waals surface area contributed by atoms with Crippen molar-refractivity contribution in [3.05, 3.63) is 36.8 Å². The molecule has 0 spiro atoms. The largest absolute Gasteiger partial charge is 0.497 e. The average Bonchev–Trinajstić information content (AvgIpc) is 2.16. The summed E-state index contributed by atoms with van der Waals surface area (Å²) in [5.74, 6) is 0.606. The van der Waals surface area contributed by atoms with Crippen LogP contribution < -0.4 is 5.32 Å².